The number of rotatable bonds is 3. The lowest BCUT2D eigenvalue weighted by Gasteiger charge is -2.28. The molecule has 0 radical (unpaired) electrons. The van der Waals surface area contributed by atoms with Gasteiger partial charge in [-0.15, -0.1) is 10.2 Å². The zero-order valence-corrected chi connectivity index (χ0v) is 12.0. The van der Waals surface area contributed by atoms with Crippen LogP contribution in [-0.4, -0.2) is 39.9 Å². The molecule has 0 saturated heterocycles. The summed E-state index contributed by atoms with van der Waals surface area (Å²) in [5.41, 5.74) is 0. The van der Waals surface area contributed by atoms with Crippen LogP contribution in [0.1, 0.15) is 55.0 Å². The lowest BCUT2D eigenvalue weighted by molar-refractivity contribution is 0.0596. The van der Waals surface area contributed by atoms with Gasteiger partial charge < -0.3 is 14.6 Å². The van der Waals surface area contributed by atoms with E-state index in [0.29, 0.717) is 11.9 Å². The topological polar surface area (TPSA) is 69.0 Å². The Morgan fingerprint density at radius 1 is 1.25 bits per heavy atom. The normalized spacial score (nSPS) is 26.1. The summed E-state index contributed by atoms with van der Waals surface area (Å²) in [5, 5.41) is 11.3. The van der Waals surface area contributed by atoms with Gasteiger partial charge in [0.15, 0.2) is 0 Å². The maximum absolute atomic E-state index is 12.3. The van der Waals surface area contributed by atoms with Crippen molar-refractivity contribution in [3.63, 3.8) is 0 Å². The Morgan fingerprint density at radius 2 is 2.05 bits per heavy atom. The first-order valence-corrected chi connectivity index (χ1v) is 7.53. The quantitative estimate of drug-likeness (QED) is 0.905. The number of nitrogens with zero attached hydrogens (tertiary/aromatic N) is 3. The number of methoxy groups -OCH3 is 1. The molecule has 20 heavy (non-hydrogen) atoms. The lowest BCUT2D eigenvalue weighted by atomic mass is 9.93. The fourth-order valence-corrected chi connectivity index (χ4v) is 3.17. The minimum Gasteiger partial charge on any atom is -0.381 e. The highest BCUT2D eigenvalue weighted by atomic mass is 16.5. The Hall–Kier alpha value is -1.43. The van der Waals surface area contributed by atoms with Gasteiger partial charge in [-0.25, -0.2) is 0 Å². The Balaban J connectivity index is 1.61. The molecule has 0 bridgehead atoms. The molecular weight excluding hydrogens is 256 g/mol. The fourth-order valence-electron chi connectivity index (χ4n) is 3.17. The van der Waals surface area contributed by atoms with Gasteiger partial charge in [0.2, 0.25) is 5.82 Å². The van der Waals surface area contributed by atoms with Gasteiger partial charge in [0.1, 0.15) is 5.82 Å². The first-order valence-electron chi connectivity index (χ1n) is 7.53. The van der Waals surface area contributed by atoms with Gasteiger partial charge in [-0.05, 0) is 38.5 Å². The molecule has 1 aliphatic carbocycles. The number of ether oxygens (including phenoxy) is 1. The van der Waals surface area contributed by atoms with Gasteiger partial charge in [0.25, 0.3) is 5.91 Å². The number of carbonyl (C=O) groups excluding carboxylic acids is 1. The third-order valence-electron chi connectivity index (χ3n) is 4.41. The molecule has 1 aliphatic heterocycles. The van der Waals surface area contributed by atoms with Gasteiger partial charge in [0.05, 0.1) is 6.10 Å². The smallest absolute Gasteiger partial charge is 0.289 e. The molecule has 1 aromatic rings. The first kappa shape index (κ1) is 13.5. The molecule has 1 amide bonds. The number of nitrogens with one attached hydrogen (secondary N) is 1. The molecule has 0 unspecified atom stereocenters. The SMILES string of the molecule is COC1CCC(NC(=O)c2nnc3n2CCCC3)CC1. The number of carbonyl (C=O) groups is 1. The molecule has 2 aliphatic rings. The van der Waals surface area contributed by atoms with Crippen molar-refractivity contribution < 1.29 is 9.53 Å². The largest absolute Gasteiger partial charge is 0.381 e. The van der Waals surface area contributed by atoms with Crippen LogP contribution in [0.25, 0.3) is 0 Å². The first-order chi connectivity index (χ1) is 9.78. The number of hydrogen-bond acceptors (Lipinski definition) is 4. The molecule has 0 aromatic carbocycles. The van der Waals surface area contributed by atoms with Gasteiger partial charge >= 0.3 is 0 Å². The van der Waals surface area contributed by atoms with E-state index < -0.39 is 0 Å². The highest BCUT2D eigenvalue weighted by Gasteiger charge is 2.26. The molecule has 1 fully saturated rings. The minimum absolute atomic E-state index is 0.0773. The Bertz CT molecular complexity index is 478. The lowest BCUT2D eigenvalue weighted by Crippen LogP contribution is -2.40. The molecule has 1 saturated carbocycles. The summed E-state index contributed by atoms with van der Waals surface area (Å²) >= 11 is 0. The van der Waals surface area contributed by atoms with Crippen LogP contribution in [0.15, 0.2) is 0 Å². The standard InChI is InChI=1S/C14H22N4O2/c1-20-11-7-5-10(6-8-11)15-14(19)13-17-16-12-4-2-3-9-18(12)13/h10-11H,2-9H2,1H3,(H,15,19). The number of aryl methyl sites for hydroxylation is 1. The summed E-state index contributed by atoms with van der Waals surface area (Å²) in [6, 6.07) is 0.241. The molecule has 6 nitrogen and oxygen atoms in total. The second-order valence-corrected chi connectivity index (χ2v) is 5.73. The average Bonchev–Trinajstić information content (AvgIpc) is 2.92. The molecular formula is C14H22N4O2. The van der Waals surface area contributed by atoms with Crippen LogP contribution in [-0.2, 0) is 17.7 Å². The summed E-state index contributed by atoms with van der Waals surface area (Å²) in [6.45, 7) is 0.863. The summed E-state index contributed by atoms with van der Waals surface area (Å²) in [6.07, 6.45) is 7.50. The Morgan fingerprint density at radius 3 is 2.80 bits per heavy atom. The van der Waals surface area contributed by atoms with Crippen molar-refractivity contribution in [2.24, 2.45) is 0 Å². The molecule has 110 valence electrons. The van der Waals surface area contributed by atoms with Crippen molar-refractivity contribution in [3.8, 4) is 0 Å². The van der Waals surface area contributed by atoms with Gasteiger partial charge in [-0.1, -0.05) is 0 Å². The molecule has 6 heteroatoms. The van der Waals surface area contributed by atoms with Crippen molar-refractivity contribution in [2.75, 3.05) is 7.11 Å². The van der Waals surface area contributed by atoms with Crippen molar-refractivity contribution in [1.82, 2.24) is 20.1 Å². The van der Waals surface area contributed by atoms with Crippen molar-refractivity contribution in [2.45, 2.75) is 63.6 Å². The van der Waals surface area contributed by atoms with E-state index in [2.05, 4.69) is 15.5 Å². The number of hydrogen-bond donors (Lipinski definition) is 1. The molecule has 0 atom stereocenters. The second-order valence-electron chi connectivity index (χ2n) is 5.73. The highest BCUT2D eigenvalue weighted by molar-refractivity contribution is 5.90. The molecule has 2 heterocycles. The van der Waals surface area contributed by atoms with Crippen LogP contribution in [0, 0.1) is 0 Å². The molecule has 1 aromatic heterocycles. The van der Waals surface area contributed by atoms with Crippen LogP contribution in [0.5, 0.6) is 0 Å². The maximum atomic E-state index is 12.3. The van der Waals surface area contributed by atoms with Crippen LogP contribution in [0.4, 0.5) is 0 Å². The van der Waals surface area contributed by atoms with Crippen LogP contribution >= 0.6 is 0 Å². The van der Waals surface area contributed by atoms with E-state index in [4.69, 9.17) is 4.74 Å². The number of fused-ring (bicyclic) bond motifs is 1. The Labute approximate surface area is 118 Å². The van der Waals surface area contributed by atoms with E-state index in [1.54, 1.807) is 7.11 Å². The fraction of sp³-hybridized carbons (Fsp3) is 0.786. The summed E-state index contributed by atoms with van der Waals surface area (Å²) in [7, 11) is 1.76. The zero-order valence-electron chi connectivity index (χ0n) is 12.0. The van der Waals surface area contributed by atoms with E-state index in [1.165, 1.54) is 0 Å². The third kappa shape index (κ3) is 2.70. The van der Waals surface area contributed by atoms with Gasteiger partial charge in [0, 0.05) is 26.1 Å². The van der Waals surface area contributed by atoms with E-state index in [1.807, 2.05) is 4.57 Å². The average molecular weight is 278 g/mol. The highest BCUT2D eigenvalue weighted by Crippen LogP contribution is 2.21. The van der Waals surface area contributed by atoms with Crippen molar-refractivity contribution in [3.05, 3.63) is 11.6 Å². The van der Waals surface area contributed by atoms with E-state index >= 15 is 0 Å². The number of aromatic nitrogens is 3. The van der Waals surface area contributed by atoms with Gasteiger partial charge in [-0.3, -0.25) is 4.79 Å². The van der Waals surface area contributed by atoms with Crippen LogP contribution in [0.3, 0.4) is 0 Å². The van der Waals surface area contributed by atoms with E-state index in [0.717, 1.165) is 57.3 Å². The predicted octanol–water partition coefficient (Wildman–Crippen LogP) is 1.30. The second kappa shape index (κ2) is 5.91. The monoisotopic (exact) mass is 278 g/mol. The minimum atomic E-state index is -0.0773. The molecule has 3 rings (SSSR count). The van der Waals surface area contributed by atoms with Crippen molar-refractivity contribution in [1.29, 1.82) is 0 Å². The van der Waals surface area contributed by atoms with E-state index in [-0.39, 0.29) is 11.9 Å². The van der Waals surface area contributed by atoms with Crippen LogP contribution < -0.4 is 5.32 Å². The summed E-state index contributed by atoms with van der Waals surface area (Å²) in [4.78, 5) is 12.3. The zero-order chi connectivity index (χ0) is 13.9. The summed E-state index contributed by atoms with van der Waals surface area (Å²) in [5.74, 6) is 1.35. The third-order valence-corrected chi connectivity index (χ3v) is 4.41. The van der Waals surface area contributed by atoms with Gasteiger partial charge in [-0.2, -0.15) is 0 Å². The molecule has 0 spiro atoms. The Kier molecular flexibility index (Phi) is 4.00. The molecule has 1 N–H and O–H groups in total. The van der Waals surface area contributed by atoms with Crippen LogP contribution in [0.2, 0.25) is 0 Å². The van der Waals surface area contributed by atoms with Crippen molar-refractivity contribution >= 4 is 5.91 Å². The predicted molar refractivity (Wildman–Crippen MR) is 73.5 cm³/mol. The van der Waals surface area contributed by atoms with E-state index in [9.17, 15) is 4.79 Å². The maximum Gasteiger partial charge on any atom is 0.289 e. The number of amides is 1. The summed E-state index contributed by atoms with van der Waals surface area (Å²) < 4.78 is 7.32.